The Morgan fingerprint density at radius 2 is 1.83 bits per heavy atom. The Hall–Kier alpha value is -3.35. The third kappa shape index (κ3) is 6.20. The number of carbonyl (C=O) groups excluding carboxylic acids is 2. The van der Waals surface area contributed by atoms with E-state index in [1.165, 1.54) is 31.9 Å². The number of rotatable bonds is 6. The highest BCUT2D eigenvalue weighted by atomic mass is 19.4. The van der Waals surface area contributed by atoms with Crippen LogP contribution in [0.15, 0.2) is 48.5 Å². The lowest BCUT2D eigenvalue weighted by Crippen LogP contribution is -2.68. The molecule has 6 nitrogen and oxygen atoms in total. The van der Waals surface area contributed by atoms with Crippen LogP contribution in [-0.4, -0.2) is 67.1 Å². The van der Waals surface area contributed by atoms with Gasteiger partial charge in [-0.3, -0.25) is 9.59 Å². The van der Waals surface area contributed by atoms with Gasteiger partial charge in [-0.1, -0.05) is 18.1 Å². The number of halogens is 3. The minimum atomic E-state index is -4.43. The van der Waals surface area contributed by atoms with E-state index in [4.69, 9.17) is 9.47 Å². The van der Waals surface area contributed by atoms with Crippen LogP contribution in [0.25, 0.3) is 0 Å². The number of ether oxygens (including phenoxy) is 2. The highest BCUT2D eigenvalue weighted by Gasteiger charge is 2.59. The number of amides is 1. The minimum Gasteiger partial charge on any atom is -0.427 e. The largest absolute Gasteiger partial charge is 0.427 e. The van der Waals surface area contributed by atoms with Crippen molar-refractivity contribution in [1.29, 1.82) is 0 Å². The third-order valence-corrected chi connectivity index (χ3v) is 9.32. The molecular weight excluding hydrogens is 545 g/mol. The summed E-state index contributed by atoms with van der Waals surface area (Å²) in [4.78, 5) is 29.1. The zero-order valence-electron chi connectivity index (χ0n) is 24.3. The first kappa shape index (κ1) is 30.1. The molecule has 0 aromatic heterocycles. The maximum Gasteiger partial charge on any atom is 0.416 e. The molecule has 3 fully saturated rings. The Bertz CT molecular complexity index is 1380. The van der Waals surface area contributed by atoms with E-state index in [0.29, 0.717) is 17.7 Å². The van der Waals surface area contributed by atoms with Crippen LogP contribution in [0.2, 0.25) is 0 Å². The monoisotopic (exact) mass is 582 g/mol. The molecule has 0 unspecified atom stereocenters. The topological polar surface area (TPSA) is 59.1 Å². The second kappa shape index (κ2) is 11.7. The van der Waals surface area contributed by atoms with Gasteiger partial charge in [0, 0.05) is 57.1 Å². The summed E-state index contributed by atoms with van der Waals surface area (Å²) in [5, 5.41) is 0. The van der Waals surface area contributed by atoms with Gasteiger partial charge in [0.15, 0.2) is 0 Å². The number of fused-ring (bicyclic) bond motifs is 1. The molecule has 3 atom stereocenters. The number of methoxy groups -OCH3 is 1. The maximum absolute atomic E-state index is 13.2. The average molecular weight is 583 g/mol. The van der Waals surface area contributed by atoms with Crippen molar-refractivity contribution < 1.29 is 32.2 Å². The van der Waals surface area contributed by atoms with Gasteiger partial charge in [0.2, 0.25) is 0 Å². The summed E-state index contributed by atoms with van der Waals surface area (Å²) < 4.78 is 50.6. The van der Waals surface area contributed by atoms with Crippen molar-refractivity contribution >= 4 is 11.9 Å². The standard InChI is InChI=1S/C33H37F3N2O4/c1-23(39)42-29-6-4-5-27(19-29)31-17-18-38(21-25-7-8-25)22-32(31,41-3)16-15-28(20-31)37(2)30(40)14-11-24-9-12-26(13-10-24)33(34,35)36/h4-6,9-10,12-13,19,25,28H,7-8,15-18,20-22H2,1-3H3/t28-,31+,32+/m1/s1. The fraction of sp³-hybridized carbons (Fsp3) is 0.515. The van der Waals surface area contributed by atoms with Crippen LogP contribution in [0.1, 0.15) is 62.1 Å². The van der Waals surface area contributed by atoms with Crippen molar-refractivity contribution in [1.82, 2.24) is 9.80 Å². The maximum atomic E-state index is 13.2. The molecule has 0 spiro atoms. The van der Waals surface area contributed by atoms with Gasteiger partial charge in [0.1, 0.15) is 5.75 Å². The number of hydrogen-bond donors (Lipinski definition) is 0. The van der Waals surface area contributed by atoms with Crippen molar-refractivity contribution in [2.45, 2.75) is 68.7 Å². The SMILES string of the molecule is CO[C@]12CC[C@@H](N(C)C(=O)C#Cc3ccc(C(F)(F)F)cc3)C[C@]1(c1cccc(OC(C)=O)c1)CCN(CC1CC1)C2. The number of likely N-dealkylation sites (tertiary alicyclic amines) is 1. The van der Waals surface area contributed by atoms with Crippen LogP contribution in [0.4, 0.5) is 13.2 Å². The van der Waals surface area contributed by atoms with Gasteiger partial charge in [0.05, 0.1) is 11.2 Å². The Morgan fingerprint density at radius 1 is 1.10 bits per heavy atom. The molecular formula is C33H37F3N2O4. The van der Waals surface area contributed by atoms with Gasteiger partial charge >= 0.3 is 12.1 Å². The molecule has 2 aromatic rings. The molecule has 42 heavy (non-hydrogen) atoms. The number of alkyl halides is 3. The fourth-order valence-corrected chi connectivity index (χ4v) is 6.86. The van der Waals surface area contributed by atoms with E-state index in [2.05, 4.69) is 22.8 Å². The predicted molar refractivity (Wildman–Crippen MR) is 152 cm³/mol. The molecule has 9 heteroatoms. The number of esters is 1. The summed E-state index contributed by atoms with van der Waals surface area (Å²) in [5.74, 6) is 5.81. The predicted octanol–water partition coefficient (Wildman–Crippen LogP) is 5.43. The quantitative estimate of drug-likeness (QED) is 0.258. The second-order valence-electron chi connectivity index (χ2n) is 12.0. The first-order valence-electron chi connectivity index (χ1n) is 14.5. The molecule has 0 bridgehead atoms. The average Bonchev–Trinajstić information content (AvgIpc) is 3.78. The molecule has 1 saturated heterocycles. The highest BCUT2D eigenvalue weighted by molar-refractivity contribution is 5.94. The summed E-state index contributed by atoms with van der Waals surface area (Å²) in [5.41, 5.74) is -0.312. The Kier molecular flexibility index (Phi) is 8.41. The molecule has 2 aliphatic carbocycles. The summed E-state index contributed by atoms with van der Waals surface area (Å²) in [6, 6.07) is 12.0. The van der Waals surface area contributed by atoms with Crippen LogP contribution < -0.4 is 4.74 Å². The van der Waals surface area contributed by atoms with Crippen molar-refractivity contribution in [3.8, 4) is 17.6 Å². The summed E-state index contributed by atoms with van der Waals surface area (Å²) in [6.45, 7) is 4.13. The van der Waals surface area contributed by atoms with Gasteiger partial charge in [0.25, 0.3) is 5.91 Å². The Morgan fingerprint density at radius 3 is 2.48 bits per heavy atom. The molecule has 2 aromatic carbocycles. The van der Waals surface area contributed by atoms with Crippen LogP contribution in [-0.2, 0) is 25.9 Å². The van der Waals surface area contributed by atoms with Crippen molar-refractivity contribution in [3.63, 3.8) is 0 Å². The minimum absolute atomic E-state index is 0.130. The van der Waals surface area contributed by atoms with Crippen molar-refractivity contribution in [3.05, 3.63) is 65.2 Å². The second-order valence-corrected chi connectivity index (χ2v) is 12.0. The van der Waals surface area contributed by atoms with Crippen LogP contribution in [0.5, 0.6) is 5.75 Å². The molecule has 5 rings (SSSR count). The zero-order chi connectivity index (χ0) is 30.1. The van der Waals surface area contributed by atoms with E-state index in [1.807, 2.05) is 12.1 Å². The molecule has 0 N–H and O–H groups in total. The van der Waals surface area contributed by atoms with Crippen LogP contribution >= 0.6 is 0 Å². The first-order chi connectivity index (χ1) is 19.9. The molecule has 3 aliphatic rings. The summed E-state index contributed by atoms with van der Waals surface area (Å²) in [7, 11) is 3.51. The number of hydrogen-bond acceptors (Lipinski definition) is 5. The smallest absolute Gasteiger partial charge is 0.416 e. The lowest BCUT2D eigenvalue weighted by molar-refractivity contribution is -0.159. The first-order valence-corrected chi connectivity index (χ1v) is 14.5. The van der Waals surface area contributed by atoms with Gasteiger partial charge in [-0.15, -0.1) is 0 Å². The Balaban J connectivity index is 1.41. The molecule has 1 heterocycles. The number of carbonyl (C=O) groups is 2. The molecule has 1 amide bonds. The summed E-state index contributed by atoms with van der Waals surface area (Å²) >= 11 is 0. The number of benzene rings is 2. The van der Waals surface area contributed by atoms with Crippen LogP contribution in [0.3, 0.4) is 0 Å². The van der Waals surface area contributed by atoms with E-state index in [9.17, 15) is 22.8 Å². The van der Waals surface area contributed by atoms with Gasteiger partial charge in [-0.05, 0) is 92.9 Å². The van der Waals surface area contributed by atoms with E-state index in [-0.39, 0.29) is 17.9 Å². The lowest BCUT2D eigenvalue weighted by Gasteiger charge is -2.60. The normalized spacial score (nSPS) is 26.0. The highest BCUT2D eigenvalue weighted by Crippen LogP contribution is 2.54. The molecule has 0 radical (unpaired) electrons. The van der Waals surface area contributed by atoms with Gasteiger partial charge in [-0.25, -0.2) is 0 Å². The Labute approximate surface area is 245 Å². The van der Waals surface area contributed by atoms with E-state index < -0.39 is 22.8 Å². The van der Waals surface area contributed by atoms with E-state index >= 15 is 0 Å². The number of piperidine rings is 1. The van der Waals surface area contributed by atoms with E-state index in [1.54, 1.807) is 25.1 Å². The van der Waals surface area contributed by atoms with Crippen molar-refractivity contribution in [2.75, 3.05) is 33.8 Å². The molecule has 2 saturated carbocycles. The lowest BCUT2D eigenvalue weighted by atomic mass is 9.55. The van der Waals surface area contributed by atoms with Crippen LogP contribution in [0, 0.1) is 17.8 Å². The third-order valence-electron chi connectivity index (χ3n) is 9.32. The molecule has 224 valence electrons. The fourth-order valence-electron chi connectivity index (χ4n) is 6.86. The van der Waals surface area contributed by atoms with Crippen molar-refractivity contribution in [2.24, 2.45) is 5.92 Å². The summed E-state index contributed by atoms with van der Waals surface area (Å²) in [6.07, 6.45) is 1.04. The molecule has 1 aliphatic heterocycles. The zero-order valence-corrected chi connectivity index (χ0v) is 24.3. The van der Waals surface area contributed by atoms with Gasteiger partial charge < -0.3 is 19.3 Å². The number of nitrogens with zero attached hydrogens (tertiary/aromatic N) is 2. The van der Waals surface area contributed by atoms with Gasteiger partial charge in [-0.2, -0.15) is 13.2 Å². The van der Waals surface area contributed by atoms with E-state index in [0.717, 1.165) is 62.5 Å².